The van der Waals surface area contributed by atoms with Crippen LogP contribution in [0.25, 0.3) is 39.4 Å². The fourth-order valence-electron chi connectivity index (χ4n) is 6.76. The van der Waals surface area contributed by atoms with Gasteiger partial charge in [0, 0.05) is 46.3 Å². The van der Waals surface area contributed by atoms with Crippen LogP contribution < -0.4 is 0 Å². The van der Waals surface area contributed by atoms with Gasteiger partial charge in [0.25, 0.3) is 0 Å². The van der Waals surface area contributed by atoms with Crippen LogP contribution in [0.15, 0.2) is 24.0 Å². The van der Waals surface area contributed by atoms with E-state index in [1.807, 2.05) is 39.0 Å². The van der Waals surface area contributed by atoms with Crippen LogP contribution in [-0.2, 0) is 19.1 Å². The Morgan fingerprint density at radius 2 is 1.73 bits per heavy atom. The minimum atomic E-state index is -0.314. The number of nitrogens with zero attached hydrogens (tertiary/aromatic N) is 2. The Kier molecular flexibility index (Phi) is 7.35. The van der Waals surface area contributed by atoms with Crippen LogP contribution in [0.2, 0.25) is 0 Å². The maximum Gasteiger partial charge on any atom is 0.305 e. The fraction of sp³-hybridized carbons (Fsp3) is 0.343. The second-order valence-corrected chi connectivity index (χ2v) is 11.7. The van der Waals surface area contributed by atoms with Crippen molar-refractivity contribution in [2.75, 3.05) is 14.2 Å². The number of carbonyl (C=O) groups is 3. The molecule has 226 valence electrons. The van der Waals surface area contributed by atoms with Gasteiger partial charge >= 0.3 is 5.97 Å². The second-order valence-electron chi connectivity index (χ2n) is 11.7. The highest BCUT2D eigenvalue weighted by molar-refractivity contribution is 6.20. The van der Waals surface area contributed by atoms with Crippen LogP contribution in [0.1, 0.15) is 114 Å². The van der Waals surface area contributed by atoms with Crippen LogP contribution in [-0.4, -0.2) is 52.2 Å². The summed E-state index contributed by atoms with van der Waals surface area (Å²) in [5, 5.41) is 0. The molecule has 6 rings (SSSR count). The summed E-state index contributed by atoms with van der Waals surface area (Å²) in [5.74, 6) is -0.604. The Labute approximate surface area is 255 Å². The Hall–Kier alpha value is -4.79. The topological polar surface area (TPSA) is 127 Å². The van der Waals surface area contributed by atoms with E-state index in [1.165, 1.54) is 14.2 Å². The number of hydrogen-bond acceptors (Lipinski definition) is 7. The smallest absolute Gasteiger partial charge is 0.305 e. The van der Waals surface area contributed by atoms with Crippen LogP contribution in [0.4, 0.5) is 0 Å². The van der Waals surface area contributed by atoms with Crippen molar-refractivity contribution in [1.29, 1.82) is 0 Å². The highest BCUT2D eigenvalue weighted by atomic mass is 16.5. The lowest BCUT2D eigenvalue weighted by atomic mass is 9.83. The van der Waals surface area contributed by atoms with Crippen molar-refractivity contribution in [3.8, 4) is 0 Å². The van der Waals surface area contributed by atoms with E-state index >= 15 is 0 Å². The molecule has 2 N–H and O–H groups in total. The van der Waals surface area contributed by atoms with Crippen molar-refractivity contribution in [3.05, 3.63) is 74.8 Å². The number of allylic oxidation sites excluding steroid dienone is 5. The number of esters is 1. The molecule has 1 aliphatic carbocycles. The number of aromatic nitrogens is 4. The Bertz CT molecular complexity index is 1940. The molecule has 9 heteroatoms. The van der Waals surface area contributed by atoms with Gasteiger partial charge in [-0.15, -0.1) is 0 Å². The summed E-state index contributed by atoms with van der Waals surface area (Å²) in [6.45, 7) is 10.1. The number of fused-ring (bicyclic) bond motifs is 8. The number of methoxy groups -OCH3 is 2. The predicted molar refractivity (Wildman–Crippen MR) is 170 cm³/mol. The first kappa shape index (κ1) is 29.3. The number of aromatic amines is 2. The van der Waals surface area contributed by atoms with E-state index in [1.54, 1.807) is 6.08 Å². The van der Waals surface area contributed by atoms with E-state index in [9.17, 15) is 14.4 Å². The molecule has 0 spiro atoms. The average Bonchev–Trinajstić information content (AvgIpc) is 3.68. The zero-order valence-electron chi connectivity index (χ0n) is 26.1. The first-order valence-electron chi connectivity index (χ1n) is 14.9. The number of ether oxygens (including phenoxy) is 2. The predicted octanol–water partition coefficient (Wildman–Crippen LogP) is 6.84. The van der Waals surface area contributed by atoms with Gasteiger partial charge in [0.2, 0.25) is 5.78 Å². The van der Waals surface area contributed by atoms with E-state index in [0.29, 0.717) is 40.2 Å². The van der Waals surface area contributed by atoms with Crippen LogP contribution in [0, 0.1) is 6.92 Å². The maximum absolute atomic E-state index is 14.0. The molecule has 5 heterocycles. The minimum Gasteiger partial charge on any atom is -0.493 e. The molecule has 2 aromatic rings. The monoisotopic (exact) mass is 592 g/mol. The molecule has 44 heavy (non-hydrogen) atoms. The average molecular weight is 593 g/mol. The second kappa shape index (κ2) is 11.0. The van der Waals surface area contributed by atoms with Crippen LogP contribution in [0.3, 0.4) is 0 Å². The molecule has 8 bridgehead atoms. The van der Waals surface area contributed by atoms with Gasteiger partial charge in [-0.05, 0) is 80.2 Å². The van der Waals surface area contributed by atoms with E-state index in [-0.39, 0.29) is 35.8 Å². The molecule has 0 amide bonds. The highest BCUT2D eigenvalue weighted by Crippen LogP contribution is 2.45. The molecule has 0 saturated heterocycles. The van der Waals surface area contributed by atoms with Gasteiger partial charge in [0.15, 0.2) is 12.0 Å². The summed E-state index contributed by atoms with van der Waals surface area (Å²) in [6, 6.07) is 5.86. The lowest BCUT2D eigenvalue weighted by molar-refractivity contribution is -0.140. The third kappa shape index (κ3) is 4.49. The maximum atomic E-state index is 14.0. The fourth-order valence-corrected chi connectivity index (χ4v) is 6.76. The van der Waals surface area contributed by atoms with Crippen molar-refractivity contribution in [2.24, 2.45) is 0 Å². The summed E-state index contributed by atoms with van der Waals surface area (Å²) >= 11 is 0. The normalized spacial score (nSPS) is 18.3. The van der Waals surface area contributed by atoms with E-state index in [2.05, 4.69) is 23.8 Å². The number of H-pyrrole nitrogens is 2. The summed E-state index contributed by atoms with van der Waals surface area (Å²) < 4.78 is 10.6. The highest BCUT2D eigenvalue weighted by Gasteiger charge is 2.36. The molecule has 3 aliphatic heterocycles. The number of hydrogen-bond donors (Lipinski definition) is 2. The number of rotatable bonds is 6. The van der Waals surface area contributed by atoms with Gasteiger partial charge in [-0.3, -0.25) is 14.4 Å². The molecule has 0 fully saturated rings. The number of Topliss-reactive ketones (excluding diaryl/α,β-unsaturated/α-hetero) is 1. The van der Waals surface area contributed by atoms with Gasteiger partial charge in [0.1, 0.15) is 0 Å². The van der Waals surface area contributed by atoms with E-state index in [0.717, 1.165) is 63.2 Å². The third-order valence-corrected chi connectivity index (χ3v) is 9.44. The number of nitrogens with one attached hydrogen (secondary N) is 2. The zero-order valence-corrected chi connectivity index (χ0v) is 26.1. The number of ketones is 1. The summed E-state index contributed by atoms with van der Waals surface area (Å²) in [5.41, 5.74) is 11.7. The van der Waals surface area contributed by atoms with Crippen molar-refractivity contribution < 1.29 is 23.9 Å². The Morgan fingerprint density at radius 3 is 2.41 bits per heavy atom. The van der Waals surface area contributed by atoms with Gasteiger partial charge in [-0.1, -0.05) is 13.8 Å². The standard InChI is InChI=1S/C35H36N4O5/c1-8-20-16(2)25-13-29-23(15-40)19(5)24(37-29)12-26-17(3)21(9-10-31(41)44-7)33(38-26)32-34-22(11-30(43-6)35(32)42)18(4)27(39-34)14-28(20)36-25/h11-15,17,21,38-39H,8-10H2,1-7H3/t17-,21-/m0/s1. The summed E-state index contributed by atoms with van der Waals surface area (Å²) in [4.78, 5) is 55.6. The molecule has 0 saturated carbocycles. The first-order chi connectivity index (χ1) is 21.1. The zero-order chi connectivity index (χ0) is 31.4. The quantitative estimate of drug-likeness (QED) is 0.278. The Morgan fingerprint density at radius 1 is 1.00 bits per heavy atom. The van der Waals surface area contributed by atoms with Crippen molar-refractivity contribution in [2.45, 2.75) is 65.7 Å². The summed E-state index contributed by atoms with van der Waals surface area (Å²) in [7, 11) is 2.88. The summed E-state index contributed by atoms with van der Waals surface area (Å²) in [6.07, 6.45) is 4.07. The number of aryl methyl sites for hydroxylation is 1. The number of carbonyl (C=O) groups excluding carboxylic acids is 3. The van der Waals surface area contributed by atoms with Gasteiger partial charge in [0.05, 0.1) is 48.1 Å². The first-order valence-corrected chi connectivity index (χ1v) is 14.9. The van der Waals surface area contributed by atoms with Crippen molar-refractivity contribution in [3.63, 3.8) is 0 Å². The van der Waals surface area contributed by atoms with Crippen molar-refractivity contribution in [1.82, 2.24) is 19.9 Å². The SMILES string of the molecule is CCC1=C(C)c2cc3nc(cc4[nH]c(c5c6[nH]c(cc1n2)c(C)c6C=C(OC)C5=O)[C@@H](CCC(=O)OC)[C@@H]4C)C(C)=C3C=O. The molecular formula is C35H36N4O5. The molecular weight excluding hydrogens is 556 g/mol. The van der Waals surface area contributed by atoms with E-state index in [4.69, 9.17) is 19.4 Å². The molecule has 2 aromatic heterocycles. The van der Waals surface area contributed by atoms with Crippen molar-refractivity contribution >= 4 is 57.4 Å². The molecule has 0 aromatic carbocycles. The van der Waals surface area contributed by atoms with Crippen LogP contribution in [0.5, 0.6) is 0 Å². The lowest BCUT2D eigenvalue weighted by Crippen LogP contribution is -2.15. The minimum absolute atomic E-state index is 0.0930. The van der Waals surface area contributed by atoms with Crippen LogP contribution >= 0.6 is 0 Å². The van der Waals surface area contributed by atoms with E-state index < -0.39 is 0 Å². The van der Waals surface area contributed by atoms with Gasteiger partial charge < -0.3 is 19.4 Å². The molecule has 2 atom stereocenters. The largest absolute Gasteiger partial charge is 0.493 e. The third-order valence-electron chi connectivity index (χ3n) is 9.44. The molecule has 0 unspecified atom stereocenters. The number of aldehydes is 1. The van der Waals surface area contributed by atoms with Gasteiger partial charge in [-0.2, -0.15) is 0 Å². The lowest BCUT2D eigenvalue weighted by Gasteiger charge is -2.20. The molecule has 9 nitrogen and oxygen atoms in total. The Balaban J connectivity index is 1.78. The molecule has 4 aliphatic rings. The van der Waals surface area contributed by atoms with Gasteiger partial charge in [-0.25, -0.2) is 9.97 Å². The molecule has 0 radical (unpaired) electrons.